The Bertz CT molecular complexity index is 2990. The van der Waals surface area contributed by atoms with Crippen LogP contribution in [-0.4, -0.2) is 14.5 Å². The van der Waals surface area contributed by atoms with Gasteiger partial charge in [0.05, 0.1) is 26.9 Å². The van der Waals surface area contributed by atoms with Crippen molar-refractivity contribution in [2.45, 2.75) is 37.5 Å². The predicted molar refractivity (Wildman–Crippen MR) is 223 cm³/mol. The smallest absolute Gasteiger partial charge is 0.235 e. The molecule has 3 heterocycles. The Hall–Kier alpha value is -5.58. The Kier molecular flexibility index (Phi) is 5.95. The summed E-state index contributed by atoms with van der Waals surface area (Å²) >= 11 is 1.78. The number of benzene rings is 6. The fraction of sp³-hybridized carbons (Fsp3) is 0.200. The van der Waals surface area contributed by atoms with Gasteiger partial charge < -0.3 is 0 Å². The number of aromatic nitrogens is 3. The zero-order valence-electron chi connectivity index (χ0n) is 29.9. The van der Waals surface area contributed by atoms with Gasteiger partial charge in [0.1, 0.15) is 0 Å². The molecule has 54 heavy (non-hydrogen) atoms. The van der Waals surface area contributed by atoms with Gasteiger partial charge in [0.2, 0.25) is 5.95 Å². The summed E-state index contributed by atoms with van der Waals surface area (Å²) in [5.41, 5.74) is 14.3. The van der Waals surface area contributed by atoms with E-state index in [-0.39, 0.29) is 5.41 Å². The largest absolute Gasteiger partial charge is 0.278 e. The average molecular weight is 712 g/mol. The van der Waals surface area contributed by atoms with Crippen molar-refractivity contribution in [2.24, 2.45) is 23.7 Å². The van der Waals surface area contributed by atoms with Crippen LogP contribution < -0.4 is 0 Å². The summed E-state index contributed by atoms with van der Waals surface area (Å²) in [5, 5.41) is 3.62. The first-order chi connectivity index (χ1) is 26.7. The Labute approximate surface area is 318 Å². The molecule has 5 aliphatic rings. The molecule has 4 saturated carbocycles. The molecule has 5 aliphatic carbocycles. The van der Waals surface area contributed by atoms with Gasteiger partial charge >= 0.3 is 0 Å². The highest BCUT2D eigenvalue weighted by Gasteiger charge is 2.61. The summed E-state index contributed by atoms with van der Waals surface area (Å²) in [6, 6.07) is 51.9. The second kappa shape index (κ2) is 10.8. The Morgan fingerprint density at radius 3 is 2.04 bits per heavy atom. The molecule has 9 aromatic rings. The number of thiophene rings is 1. The molecule has 0 N–H and O–H groups in total. The molecule has 0 aliphatic heterocycles. The fourth-order valence-corrected chi connectivity index (χ4v) is 13.3. The van der Waals surface area contributed by atoms with Crippen molar-refractivity contribution in [3.05, 3.63) is 151 Å². The highest BCUT2D eigenvalue weighted by molar-refractivity contribution is 7.26. The van der Waals surface area contributed by atoms with Crippen LogP contribution in [0.15, 0.2) is 140 Å². The Balaban J connectivity index is 0.999. The van der Waals surface area contributed by atoms with E-state index >= 15 is 0 Å². The molecule has 4 fully saturated rings. The predicted octanol–water partition coefficient (Wildman–Crippen LogP) is 13.0. The molecule has 4 heteroatoms. The van der Waals surface area contributed by atoms with E-state index in [2.05, 4.69) is 144 Å². The van der Waals surface area contributed by atoms with E-state index in [0.717, 1.165) is 56.2 Å². The molecule has 6 aromatic carbocycles. The molecule has 0 radical (unpaired) electrons. The van der Waals surface area contributed by atoms with E-state index < -0.39 is 0 Å². The van der Waals surface area contributed by atoms with Crippen molar-refractivity contribution in [3.63, 3.8) is 0 Å². The molecule has 14 rings (SSSR count). The molecular weight excluding hydrogens is 675 g/mol. The highest BCUT2D eigenvalue weighted by Crippen LogP contribution is 2.69. The van der Waals surface area contributed by atoms with Gasteiger partial charge in [0.25, 0.3) is 0 Å². The van der Waals surface area contributed by atoms with E-state index in [0.29, 0.717) is 5.95 Å². The average Bonchev–Trinajstić information content (AvgIpc) is 3.86. The normalized spacial score (nSPS) is 23.6. The number of fused-ring (bicyclic) bond motifs is 9. The standard InChI is InChI=1S/C50H37N3S/c1-2-10-31(11-3-1)46-48-47(38-14-6-9-17-45(38)54-48)52-49(51-46)53-43-16-8-5-13-37(43)40-28-33(19-21-44(40)53)32-18-20-42-39(27-32)36-12-4-7-15-41(36)50(42)34-23-29-22-30(25-34)26-35(50)24-29/h1-21,27-30,34-35H,22-26H2. The van der Waals surface area contributed by atoms with Gasteiger partial charge in [-0.15, -0.1) is 11.3 Å². The van der Waals surface area contributed by atoms with E-state index in [1.807, 2.05) is 0 Å². The lowest BCUT2D eigenvalue weighted by atomic mass is 9.43. The summed E-state index contributed by atoms with van der Waals surface area (Å²) < 4.78 is 4.64. The van der Waals surface area contributed by atoms with Gasteiger partial charge in [-0.3, -0.25) is 4.57 Å². The van der Waals surface area contributed by atoms with Gasteiger partial charge in [0.15, 0.2) is 0 Å². The summed E-state index contributed by atoms with van der Waals surface area (Å²) in [6.07, 6.45) is 7.13. The van der Waals surface area contributed by atoms with Crippen LogP contribution in [0.25, 0.3) is 81.6 Å². The van der Waals surface area contributed by atoms with Crippen LogP contribution in [0.3, 0.4) is 0 Å². The fourth-order valence-electron chi connectivity index (χ4n) is 12.2. The first kappa shape index (κ1) is 29.8. The van der Waals surface area contributed by atoms with Crippen LogP contribution in [0.5, 0.6) is 0 Å². The summed E-state index contributed by atoms with van der Waals surface area (Å²) in [4.78, 5) is 10.8. The zero-order valence-corrected chi connectivity index (χ0v) is 30.7. The summed E-state index contributed by atoms with van der Waals surface area (Å²) in [5.74, 6) is 4.16. The van der Waals surface area contributed by atoms with E-state index in [1.165, 1.54) is 75.2 Å². The molecule has 3 nitrogen and oxygen atoms in total. The lowest BCUT2D eigenvalue weighted by Crippen LogP contribution is -2.55. The number of para-hydroxylation sites is 1. The summed E-state index contributed by atoms with van der Waals surface area (Å²) in [7, 11) is 0. The van der Waals surface area contributed by atoms with Gasteiger partial charge in [-0.1, -0.05) is 109 Å². The number of hydrogen-bond acceptors (Lipinski definition) is 3. The molecule has 4 bridgehead atoms. The molecular formula is C50H37N3S. The molecule has 0 saturated heterocycles. The molecule has 0 unspecified atom stereocenters. The maximum absolute atomic E-state index is 5.39. The van der Waals surface area contributed by atoms with Crippen LogP contribution in [-0.2, 0) is 5.41 Å². The van der Waals surface area contributed by atoms with E-state index in [9.17, 15) is 0 Å². The van der Waals surface area contributed by atoms with Crippen molar-refractivity contribution in [2.75, 3.05) is 0 Å². The first-order valence-corrected chi connectivity index (χ1v) is 20.6. The highest BCUT2D eigenvalue weighted by atomic mass is 32.1. The van der Waals surface area contributed by atoms with E-state index in [4.69, 9.17) is 9.97 Å². The third-order valence-corrected chi connectivity index (χ3v) is 15.2. The number of hydrogen-bond donors (Lipinski definition) is 0. The van der Waals surface area contributed by atoms with Crippen LogP contribution in [0.4, 0.5) is 0 Å². The zero-order chi connectivity index (χ0) is 35.1. The number of nitrogens with zero attached hydrogens (tertiary/aromatic N) is 3. The lowest BCUT2D eigenvalue weighted by molar-refractivity contribution is -0.0399. The third-order valence-electron chi connectivity index (χ3n) is 14.0. The maximum Gasteiger partial charge on any atom is 0.235 e. The molecule has 0 atom stereocenters. The molecule has 3 aromatic heterocycles. The molecule has 0 amide bonds. The van der Waals surface area contributed by atoms with Crippen molar-refractivity contribution in [3.8, 4) is 39.5 Å². The van der Waals surface area contributed by atoms with Gasteiger partial charge in [-0.25, -0.2) is 9.97 Å². The van der Waals surface area contributed by atoms with Crippen molar-refractivity contribution >= 4 is 53.4 Å². The van der Waals surface area contributed by atoms with Crippen LogP contribution >= 0.6 is 11.3 Å². The first-order valence-electron chi connectivity index (χ1n) is 19.8. The van der Waals surface area contributed by atoms with Crippen LogP contribution in [0.1, 0.15) is 43.2 Å². The van der Waals surface area contributed by atoms with Crippen LogP contribution in [0.2, 0.25) is 0 Å². The molecule has 258 valence electrons. The topological polar surface area (TPSA) is 30.7 Å². The van der Waals surface area contributed by atoms with Crippen molar-refractivity contribution in [1.29, 1.82) is 0 Å². The maximum atomic E-state index is 5.39. The van der Waals surface area contributed by atoms with Gasteiger partial charge in [0, 0.05) is 31.8 Å². The van der Waals surface area contributed by atoms with Crippen LogP contribution in [0, 0.1) is 23.7 Å². The second-order valence-corrected chi connectivity index (χ2v) is 17.6. The Morgan fingerprint density at radius 2 is 1.19 bits per heavy atom. The Morgan fingerprint density at radius 1 is 0.519 bits per heavy atom. The minimum absolute atomic E-state index is 0.197. The monoisotopic (exact) mass is 711 g/mol. The summed E-state index contributed by atoms with van der Waals surface area (Å²) in [6.45, 7) is 0. The van der Waals surface area contributed by atoms with Gasteiger partial charge in [-0.05, 0) is 119 Å². The van der Waals surface area contributed by atoms with E-state index in [1.54, 1.807) is 22.5 Å². The number of rotatable bonds is 3. The lowest BCUT2D eigenvalue weighted by Gasteiger charge is -2.61. The quantitative estimate of drug-likeness (QED) is 0.183. The second-order valence-electron chi connectivity index (χ2n) is 16.6. The third kappa shape index (κ3) is 3.86. The SMILES string of the molecule is c1ccc(-c2nc(-n3c4ccccc4c4cc(-c5ccc6c(c5)-c5ccccc5C65C6CC7CC(C6)CC5C7)ccc43)nc3c2sc2ccccc23)cc1. The minimum atomic E-state index is 0.197. The minimum Gasteiger partial charge on any atom is -0.278 e. The molecule has 1 spiro atoms. The van der Waals surface area contributed by atoms with Crippen molar-refractivity contribution < 1.29 is 0 Å². The van der Waals surface area contributed by atoms with Crippen molar-refractivity contribution in [1.82, 2.24) is 14.5 Å². The van der Waals surface area contributed by atoms with Gasteiger partial charge in [-0.2, -0.15) is 0 Å².